The van der Waals surface area contributed by atoms with Crippen LogP contribution in [0.3, 0.4) is 0 Å². The number of aldehydes is 1. The summed E-state index contributed by atoms with van der Waals surface area (Å²) in [6, 6.07) is 9.52. The van der Waals surface area contributed by atoms with Crippen molar-refractivity contribution in [2.75, 3.05) is 0 Å². The zero-order chi connectivity index (χ0) is 13.0. The molecule has 1 heterocycles. The molecule has 2 aromatic rings. The van der Waals surface area contributed by atoms with E-state index in [2.05, 4.69) is 0 Å². The van der Waals surface area contributed by atoms with E-state index in [4.69, 9.17) is 4.42 Å². The maximum atomic E-state index is 10.5. The molecule has 5 nitrogen and oxygen atoms in total. The van der Waals surface area contributed by atoms with Crippen molar-refractivity contribution in [3.8, 4) is 11.3 Å². The fourth-order valence-corrected chi connectivity index (χ4v) is 1.48. The molecular formula is C13H9NO4. The van der Waals surface area contributed by atoms with Crippen LogP contribution < -0.4 is 0 Å². The summed E-state index contributed by atoms with van der Waals surface area (Å²) in [5, 5.41) is 10.5. The summed E-state index contributed by atoms with van der Waals surface area (Å²) in [6.45, 7) is 0. The van der Waals surface area contributed by atoms with Crippen LogP contribution in [0.25, 0.3) is 17.4 Å². The lowest BCUT2D eigenvalue weighted by Gasteiger charge is -1.96. The van der Waals surface area contributed by atoms with E-state index < -0.39 is 4.92 Å². The van der Waals surface area contributed by atoms with Gasteiger partial charge in [-0.3, -0.25) is 14.9 Å². The summed E-state index contributed by atoms with van der Waals surface area (Å²) < 4.78 is 5.46. The third-order valence-corrected chi connectivity index (χ3v) is 2.33. The van der Waals surface area contributed by atoms with Gasteiger partial charge in [-0.2, -0.15) is 0 Å². The first kappa shape index (κ1) is 11.8. The van der Waals surface area contributed by atoms with E-state index in [9.17, 15) is 14.9 Å². The Hall–Kier alpha value is -2.69. The van der Waals surface area contributed by atoms with Crippen LogP contribution in [0.2, 0.25) is 0 Å². The van der Waals surface area contributed by atoms with Gasteiger partial charge in [0.15, 0.2) is 0 Å². The highest BCUT2D eigenvalue weighted by molar-refractivity contribution is 5.73. The van der Waals surface area contributed by atoms with Crippen molar-refractivity contribution in [3.63, 3.8) is 0 Å². The Morgan fingerprint density at radius 1 is 1.11 bits per heavy atom. The molecule has 0 saturated heterocycles. The Bertz CT molecular complexity index is 596. The average molecular weight is 243 g/mol. The molecule has 0 amide bonds. The van der Waals surface area contributed by atoms with E-state index in [0.717, 1.165) is 5.56 Å². The zero-order valence-electron chi connectivity index (χ0n) is 9.28. The van der Waals surface area contributed by atoms with Crippen molar-refractivity contribution in [2.45, 2.75) is 0 Å². The number of carbonyl (C=O) groups is 1. The van der Waals surface area contributed by atoms with E-state index >= 15 is 0 Å². The smallest absolute Gasteiger partial charge is 0.269 e. The van der Waals surface area contributed by atoms with Crippen LogP contribution in [0, 0.1) is 10.1 Å². The maximum absolute atomic E-state index is 10.5. The number of allylic oxidation sites excluding steroid dienone is 1. The summed E-state index contributed by atoms with van der Waals surface area (Å²) in [6.07, 6.45) is 3.54. The van der Waals surface area contributed by atoms with Gasteiger partial charge in [-0.1, -0.05) is 0 Å². The third kappa shape index (κ3) is 2.52. The fourth-order valence-electron chi connectivity index (χ4n) is 1.48. The molecule has 0 radical (unpaired) electrons. The lowest BCUT2D eigenvalue weighted by atomic mass is 10.1. The first-order valence-corrected chi connectivity index (χ1v) is 5.17. The number of rotatable bonds is 4. The summed E-state index contributed by atoms with van der Waals surface area (Å²) >= 11 is 0. The minimum Gasteiger partial charge on any atom is -0.457 e. The molecule has 2 rings (SSSR count). The second kappa shape index (κ2) is 5.09. The average Bonchev–Trinajstić information content (AvgIpc) is 2.85. The summed E-state index contributed by atoms with van der Waals surface area (Å²) in [4.78, 5) is 20.2. The maximum Gasteiger partial charge on any atom is 0.269 e. The van der Waals surface area contributed by atoms with E-state index in [1.165, 1.54) is 18.2 Å². The van der Waals surface area contributed by atoms with Crippen LogP contribution in [-0.4, -0.2) is 11.2 Å². The molecule has 0 aliphatic rings. The van der Waals surface area contributed by atoms with Gasteiger partial charge >= 0.3 is 0 Å². The summed E-state index contributed by atoms with van der Waals surface area (Å²) in [5.41, 5.74) is 0.776. The zero-order valence-corrected chi connectivity index (χ0v) is 9.28. The molecule has 0 unspecified atom stereocenters. The molecule has 0 aliphatic carbocycles. The molecule has 1 aromatic carbocycles. The fraction of sp³-hybridized carbons (Fsp3) is 0. The first-order valence-electron chi connectivity index (χ1n) is 5.17. The lowest BCUT2D eigenvalue weighted by molar-refractivity contribution is -0.384. The largest absolute Gasteiger partial charge is 0.457 e. The molecule has 0 saturated carbocycles. The van der Waals surface area contributed by atoms with Crippen LogP contribution >= 0.6 is 0 Å². The number of hydrogen-bond acceptors (Lipinski definition) is 4. The molecule has 0 fully saturated rings. The predicted octanol–water partition coefficient (Wildman–Crippen LogP) is 3.07. The SMILES string of the molecule is O=C/C=C/c1ccc(-c2ccc([N+](=O)[O-])cc2)o1. The van der Waals surface area contributed by atoms with Gasteiger partial charge in [0.2, 0.25) is 0 Å². The van der Waals surface area contributed by atoms with Crippen molar-refractivity contribution in [3.05, 3.63) is 58.3 Å². The molecule has 5 heteroatoms. The molecule has 0 spiro atoms. The first-order chi connectivity index (χ1) is 8.70. The number of furan rings is 1. The van der Waals surface area contributed by atoms with Gasteiger partial charge in [0, 0.05) is 17.7 Å². The van der Waals surface area contributed by atoms with Gasteiger partial charge in [0.05, 0.1) is 4.92 Å². The molecule has 0 aliphatic heterocycles. The van der Waals surface area contributed by atoms with Crippen LogP contribution in [0.5, 0.6) is 0 Å². The van der Waals surface area contributed by atoms with Gasteiger partial charge in [0.1, 0.15) is 17.8 Å². The molecule has 1 aromatic heterocycles. The Kier molecular flexibility index (Phi) is 3.33. The molecule has 0 N–H and O–H groups in total. The summed E-state index contributed by atoms with van der Waals surface area (Å²) in [7, 11) is 0. The van der Waals surface area contributed by atoms with Crippen molar-refractivity contribution >= 4 is 18.0 Å². The number of nitrogens with zero attached hydrogens (tertiary/aromatic N) is 1. The highest BCUT2D eigenvalue weighted by Gasteiger charge is 2.07. The van der Waals surface area contributed by atoms with E-state index in [1.54, 1.807) is 30.3 Å². The second-order valence-electron chi connectivity index (χ2n) is 3.50. The Morgan fingerprint density at radius 2 is 1.83 bits per heavy atom. The monoisotopic (exact) mass is 243 g/mol. The van der Waals surface area contributed by atoms with Gasteiger partial charge in [0.25, 0.3) is 5.69 Å². The highest BCUT2D eigenvalue weighted by atomic mass is 16.6. The Labute approximate surface area is 103 Å². The Morgan fingerprint density at radius 3 is 2.44 bits per heavy atom. The highest BCUT2D eigenvalue weighted by Crippen LogP contribution is 2.24. The minimum atomic E-state index is -0.454. The van der Waals surface area contributed by atoms with Crippen molar-refractivity contribution in [1.29, 1.82) is 0 Å². The van der Waals surface area contributed by atoms with Crippen molar-refractivity contribution in [1.82, 2.24) is 0 Å². The molecular weight excluding hydrogens is 234 g/mol. The van der Waals surface area contributed by atoms with Gasteiger partial charge in [-0.05, 0) is 36.4 Å². The van der Waals surface area contributed by atoms with E-state index in [1.807, 2.05) is 0 Å². The Balaban J connectivity index is 2.25. The quantitative estimate of drug-likeness (QED) is 0.358. The van der Waals surface area contributed by atoms with Crippen LogP contribution in [-0.2, 0) is 4.79 Å². The van der Waals surface area contributed by atoms with Crippen LogP contribution in [0.1, 0.15) is 5.76 Å². The van der Waals surface area contributed by atoms with Crippen molar-refractivity contribution in [2.24, 2.45) is 0 Å². The summed E-state index contributed by atoms with van der Waals surface area (Å²) in [5.74, 6) is 1.14. The topological polar surface area (TPSA) is 73.3 Å². The number of hydrogen-bond donors (Lipinski definition) is 0. The molecule has 0 atom stereocenters. The van der Waals surface area contributed by atoms with E-state index in [-0.39, 0.29) is 5.69 Å². The molecule has 18 heavy (non-hydrogen) atoms. The van der Waals surface area contributed by atoms with Gasteiger partial charge in [-0.25, -0.2) is 0 Å². The number of non-ortho nitro benzene ring substituents is 1. The lowest BCUT2D eigenvalue weighted by Crippen LogP contribution is -1.86. The number of nitro groups is 1. The van der Waals surface area contributed by atoms with Crippen molar-refractivity contribution < 1.29 is 14.1 Å². The van der Waals surface area contributed by atoms with Crippen LogP contribution in [0.4, 0.5) is 5.69 Å². The van der Waals surface area contributed by atoms with E-state index in [0.29, 0.717) is 17.8 Å². The molecule has 0 bridgehead atoms. The number of benzene rings is 1. The normalized spacial score (nSPS) is 10.7. The standard InChI is InChI=1S/C13H9NO4/c15-9-1-2-12-7-8-13(18-12)10-3-5-11(6-4-10)14(16)17/h1-9H/b2-1+. The number of nitro benzene ring substituents is 1. The van der Waals surface area contributed by atoms with Crippen LogP contribution in [0.15, 0.2) is 46.9 Å². The van der Waals surface area contributed by atoms with Gasteiger partial charge in [-0.15, -0.1) is 0 Å². The second-order valence-corrected chi connectivity index (χ2v) is 3.50. The number of carbonyl (C=O) groups excluding carboxylic acids is 1. The third-order valence-electron chi connectivity index (χ3n) is 2.33. The minimum absolute atomic E-state index is 0.0337. The predicted molar refractivity (Wildman–Crippen MR) is 65.9 cm³/mol. The van der Waals surface area contributed by atoms with Gasteiger partial charge < -0.3 is 4.42 Å². The molecule has 90 valence electrons.